The molecule has 0 aromatic carbocycles. The van der Waals surface area contributed by atoms with Crippen LogP contribution in [0.4, 0.5) is 0 Å². The number of carbonyl (C=O) groups excluding carboxylic acids is 1. The minimum absolute atomic E-state index is 0.133. The fraction of sp³-hybridized carbons (Fsp3) is 0.750. The van der Waals surface area contributed by atoms with Gasteiger partial charge in [0.2, 0.25) is 0 Å². The van der Waals surface area contributed by atoms with Gasteiger partial charge in [0.25, 0.3) is 5.91 Å². The topological polar surface area (TPSA) is 39.9 Å². The molecule has 1 aromatic rings. The highest BCUT2D eigenvalue weighted by Gasteiger charge is 2.29. The maximum atomic E-state index is 12.9. The third-order valence-corrected chi connectivity index (χ3v) is 6.24. The summed E-state index contributed by atoms with van der Waals surface area (Å²) in [6, 6.07) is 1.43. The number of hydrogen-bond donors (Lipinski definition) is 0. The van der Waals surface area contributed by atoms with Crippen molar-refractivity contribution in [1.82, 2.24) is 14.7 Å². The van der Waals surface area contributed by atoms with Crippen LogP contribution in [0.1, 0.15) is 54.1 Å². The largest absolute Gasteiger partial charge is 0.466 e. The maximum Gasteiger partial charge on any atom is 0.257 e. The molecule has 5 heteroatoms. The van der Waals surface area contributed by atoms with Crippen LogP contribution in [-0.2, 0) is 0 Å². The third kappa shape index (κ3) is 3.77. The van der Waals surface area contributed by atoms with Crippen molar-refractivity contribution < 1.29 is 9.21 Å². The van der Waals surface area contributed by atoms with Crippen molar-refractivity contribution in [1.29, 1.82) is 0 Å². The zero-order chi connectivity index (χ0) is 18.1. The molecule has 2 atom stereocenters. The lowest BCUT2D eigenvalue weighted by Crippen LogP contribution is -2.51. The summed E-state index contributed by atoms with van der Waals surface area (Å²) in [4.78, 5) is 20.0. The van der Waals surface area contributed by atoms with Crippen LogP contribution < -0.4 is 0 Å². The second-order valence-corrected chi connectivity index (χ2v) is 7.86. The Morgan fingerprint density at radius 3 is 2.08 bits per heavy atom. The Morgan fingerprint density at radius 1 is 0.960 bits per heavy atom. The summed E-state index contributed by atoms with van der Waals surface area (Å²) in [6.07, 6.45) is 2.65. The number of furan rings is 1. The predicted molar refractivity (Wildman–Crippen MR) is 100 cm³/mol. The molecule has 0 spiro atoms. The van der Waals surface area contributed by atoms with Crippen molar-refractivity contribution in [2.75, 3.05) is 39.3 Å². The summed E-state index contributed by atoms with van der Waals surface area (Å²) < 4.78 is 5.63. The molecule has 2 aliphatic heterocycles. The van der Waals surface area contributed by atoms with Gasteiger partial charge >= 0.3 is 0 Å². The van der Waals surface area contributed by atoms with E-state index in [1.165, 1.54) is 12.8 Å². The highest BCUT2D eigenvalue weighted by atomic mass is 16.3. The van der Waals surface area contributed by atoms with E-state index in [1.807, 2.05) is 25.7 Å². The second kappa shape index (κ2) is 7.50. The molecular weight excluding hydrogens is 314 g/mol. The predicted octanol–water partition coefficient (Wildman–Crippen LogP) is 2.84. The molecule has 0 aliphatic carbocycles. The summed E-state index contributed by atoms with van der Waals surface area (Å²) in [5.41, 5.74) is 1.76. The summed E-state index contributed by atoms with van der Waals surface area (Å²) in [7, 11) is 0. The lowest BCUT2D eigenvalue weighted by atomic mass is 10.1. The number of hydrogen-bond acceptors (Lipinski definition) is 4. The molecular formula is C20H33N3O2. The molecule has 0 radical (unpaired) electrons. The number of carbonyl (C=O) groups is 1. The summed E-state index contributed by atoms with van der Waals surface area (Å²) >= 11 is 0. The van der Waals surface area contributed by atoms with Gasteiger partial charge in [0, 0.05) is 56.9 Å². The Bertz CT molecular complexity index is 607. The van der Waals surface area contributed by atoms with E-state index in [0.29, 0.717) is 12.1 Å². The summed E-state index contributed by atoms with van der Waals surface area (Å²) in [5.74, 6) is 1.74. The molecule has 1 aromatic heterocycles. The Morgan fingerprint density at radius 2 is 1.56 bits per heavy atom. The Labute approximate surface area is 151 Å². The molecule has 5 nitrogen and oxygen atoms in total. The van der Waals surface area contributed by atoms with Gasteiger partial charge in [-0.1, -0.05) is 0 Å². The van der Waals surface area contributed by atoms with Gasteiger partial charge in [0.15, 0.2) is 0 Å². The minimum atomic E-state index is 0.133. The molecule has 25 heavy (non-hydrogen) atoms. The normalized spacial score (nSPS) is 25.7. The van der Waals surface area contributed by atoms with E-state index in [4.69, 9.17) is 4.42 Å². The second-order valence-electron chi connectivity index (χ2n) is 7.86. The van der Waals surface area contributed by atoms with Gasteiger partial charge in [0.1, 0.15) is 11.5 Å². The number of piperazine rings is 1. The molecule has 0 saturated carbocycles. The molecule has 0 unspecified atom stereocenters. The molecule has 3 rings (SSSR count). The van der Waals surface area contributed by atoms with Gasteiger partial charge in [0.05, 0.1) is 5.56 Å². The standard InChI is InChI=1S/C20H33N3O2/c1-14-6-7-15(2)23(14)13-10-21-8-11-22(12-9-21)20(24)19-16(3)17(4)25-18(19)5/h14-15H,6-13H2,1-5H3/t14-,15-/m0/s1. The van der Waals surface area contributed by atoms with Crippen LogP contribution in [0.2, 0.25) is 0 Å². The fourth-order valence-electron chi connectivity index (χ4n) is 4.39. The molecule has 140 valence electrons. The van der Waals surface area contributed by atoms with Crippen LogP contribution in [0.5, 0.6) is 0 Å². The van der Waals surface area contributed by atoms with Crippen LogP contribution >= 0.6 is 0 Å². The highest BCUT2D eigenvalue weighted by molar-refractivity contribution is 5.97. The number of nitrogens with zero attached hydrogens (tertiary/aromatic N) is 3. The number of amides is 1. The van der Waals surface area contributed by atoms with E-state index >= 15 is 0 Å². The van der Waals surface area contributed by atoms with Gasteiger partial charge in [-0.05, 0) is 47.5 Å². The van der Waals surface area contributed by atoms with Crippen molar-refractivity contribution in [3.63, 3.8) is 0 Å². The average molecular weight is 348 g/mol. The third-order valence-electron chi connectivity index (χ3n) is 6.24. The average Bonchev–Trinajstić information content (AvgIpc) is 3.04. The zero-order valence-corrected chi connectivity index (χ0v) is 16.5. The Hall–Kier alpha value is -1.33. The Kier molecular flexibility index (Phi) is 5.54. The van der Waals surface area contributed by atoms with E-state index in [-0.39, 0.29) is 5.91 Å². The first-order valence-electron chi connectivity index (χ1n) is 9.72. The summed E-state index contributed by atoms with van der Waals surface area (Å²) in [5, 5.41) is 0. The van der Waals surface area contributed by atoms with E-state index < -0.39 is 0 Å². The molecule has 2 saturated heterocycles. The number of aryl methyl sites for hydroxylation is 2. The van der Waals surface area contributed by atoms with Crippen LogP contribution in [0, 0.1) is 20.8 Å². The van der Waals surface area contributed by atoms with Gasteiger partial charge in [-0.15, -0.1) is 0 Å². The first-order valence-corrected chi connectivity index (χ1v) is 9.72. The molecule has 2 fully saturated rings. The Balaban J connectivity index is 1.51. The highest BCUT2D eigenvalue weighted by Crippen LogP contribution is 2.24. The van der Waals surface area contributed by atoms with Crippen LogP contribution in [-0.4, -0.2) is 72.0 Å². The first kappa shape index (κ1) is 18.5. The van der Waals surface area contributed by atoms with E-state index in [9.17, 15) is 4.79 Å². The maximum absolute atomic E-state index is 12.9. The van der Waals surface area contributed by atoms with Crippen molar-refractivity contribution in [3.05, 3.63) is 22.6 Å². The van der Waals surface area contributed by atoms with Crippen molar-refractivity contribution >= 4 is 5.91 Å². The van der Waals surface area contributed by atoms with Crippen LogP contribution in [0.3, 0.4) is 0 Å². The van der Waals surface area contributed by atoms with Gasteiger partial charge < -0.3 is 9.32 Å². The first-order chi connectivity index (χ1) is 11.9. The number of likely N-dealkylation sites (tertiary alicyclic amines) is 1. The molecule has 0 bridgehead atoms. The lowest BCUT2D eigenvalue weighted by molar-refractivity contribution is 0.0612. The van der Waals surface area contributed by atoms with Crippen LogP contribution in [0.15, 0.2) is 4.42 Å². The quantitative estimate of drug-likeness (QED) is 0.840. The van der Waals surface area contributed by atoms with Crippen molar-refractivity contribution in [3.8, 4) is 0 Å². The van der Waals surface area contributed by atoms with E-state index in [2.05, 4.69) is 23.6 Å². The van der Waals surface area contributed by atoms with Gasteiger partial charge in [-0.3, -0.25) is 14.6 Å². The van der Waals surface area contributed by atoms with Crippen LogP contribution in [0.25, 0.3) is 0 Å². The van der Waals surface area contributed by atoms with Crippen molar-refractivity contribution in [2.45, 2.75) is 59.5 Å². The van der Waals surface area contributed by atoms with Gasteiger partial charge in [-0.25, -0.2) is 0 Å². The smallest absolute Gasteiger partial charge is 0.257 e. The molecule has 0 N–H and O–H groups in total. The zero-order valence-electron chi connectivity index (χ0n) is 16.5. The lowest BCUT2D eigenvalue weighted by Gasteiger charge is -2.36. The molecule has 3 heterocycles. The van der Waals surface area contributed by atoms with Crippen molar-refractivity contribution in [2.24, 2.45) is 0 Å². The molecule has 1 amide bonds. The van der Waals surface area contributed by atoms with E-state index in [0.717, 1.165) is 61.9 Å². The van der Waals surface area contributed by atoms with Gasteiger partial charge in [-0.2, -0.15) is 0 Å². The molecule has 2 aliphatic rings. The SMILES string of the molecule is Cc1oc(C)c(C(=O)N2CCN(CCN3[C@@H](C)CC[C@@H]3C)CC2)c1C. The monoisotopic (exact) mass is 347 g/mol. The summed E-state index contributed by atoms with van der Waals surface area (Å²) in [6.45, 7) is 16.3. The fourth-order valence-corrected chi connectivity index (χ4v) is 4.39. The minimum Gasteiger partial charge on any atom is -0.466 e. The number of rotatable bonds is 4. The van der Waals surface area contributed by atoms with E-state index in [1.54, 1.807) is 0 Å².